The highest BCUT2D eigenvalue weighted by atomic mass is 19.1. The summed E-state index contributed by atoms with van der Waals surface area (Å²) in [5.74, 6) is -1.76. The monoisotopic (exact) mass is 269 g/mol. The number of halogens is 2. The quantitative estimate of drug-likeness (QED) is 0.677. The Morgan fingerprint density at radius 2 is 2.05 bits per heavy atom. The molecule has 0 unspecified atom stereocenters. The zero-order valence-corrected chi connectivity index (χ0v) is 10.0. The van der Waals surface area contributed by atoms with E-state index >= 15 is 0 Å². The summed E-state index contributed by atoms with van der Waals surface area (Å²) in [6.45, 7) is 0. The minimum absolute atomic E-state index is 0.00977. The summed E-state index contributed by atoms with van der Waals surface area (Å²) in [6.07, 6.45) is 0. The SMILES string of the molecule is CNc1nnc(-c2cc(F)cc([N+](=O)[O-])c2F)n1C. The molecule has 2 aromatic rings. The molecule has 19 heavy (non-hydrogen) atoms. The summed E-state index contributed by atoms with van der Waals surface area (Å²) in [4.78, 5) is 9.66. The van der Waals surface area contributed by atoms with Crippen LogP contribution in [0.3, 0.4) is 0 Å². The van der Waals surface area contributed by atoms with Gasteiger partial charge in [-0.15, -0.1) is 10.2 Å². The third kappa shape index (κ3) is 2.09. The van der Waals surface area contributed by atoms with Crippen molar-refractivity contribution in [1.82, 2.24) is 14.8 Å². The van der Waals surface area contributed by atoms with Crippen LogP contribution >= 0.6 is 0 Å². The zero-order valence-electron chi connectivity index (χ0n) is 10.0. The average Bonchev–Trinajstić information content (AvgIpc) is 2.72. The normalized spacial score (nSPS) is 10.5. The van der Waals surface area contributed by atoms with Crippen molar-refractivity contribution in [1.29, 1.82) is 0 Å². The summed E-state index contributed by atoms with van der Waals surface area (Å²) in [6, 6.07) is 1.36. The molecule has 0 saturated heterocycles. The van der Waals surface area contributed by atoms with Crippen LogP contribution in [0.5, 0.6) is 0 Å². The molecule has 0 amide bonds. The summed E-state index contributed by atoms with van der Waals surface area (Å²) < 4.78 is 28.7. The molecular formula is C10H9F2N5O2. The number of benzene rings is 1. The lowest BCUT2D eigenvalue weighted by molar-refractivity contribution is -0.387. The van der Waals surface area contributed by atoms with Gasteiger partial charge >= 0.3 is 5.69 Å². The molecule has 0 spiro atoms. The molecule has 0 atom stereocenters. The maximum atomic E-state index is 14.0. The van der Waals surface area contributed by atoms with Crippen molar-refractivity contribution < 1.29 is 13.7 Å². The third-order valence-corrected chi connectivity index (χ3v) is 2.55. The third-order valence-electron chi connectivity index (χ3n) is 2.55. The Hall–Kier alpha value is -2.58. The molecule has 1 heterocycles. The van der Waals surface area contributed by atoms with Crippen LogP contribution in [0.1, 0.15) is 0 Å². The van der Waals surface area contributed by atoms with Gasteiger partial charge in [-0.3, -0.25) is 14.7 Å². The molecular weight excluding hydrogens is 260 g/mol. The first-order valence-corrected chi connectivity index (χ1v) is 5.16. The molecule has 0 aliphatic rings. The van der Waals surface area contributed by atoms with Gasteiger partial charge in [0.15, 0.2) is 5.82 Å². The van der Waals surface area contributed by atoms with Gasteiger partial charge in [0.25, 0.3) is 0 Å². The fourth-order valence-electron chi connectivity index (χ4n) is 1.65. The first kappa shape index (κ1) is 12.9. The van der Waals surface area contributed by atoms with Crippen molar-refractivity contribution in [3.05, 3.63) is 33.9 Å². The van der Waals surface area contributed by atoms with Crippen molar-refractivity contribution in [2.75, 3.05) is 12.4 Å². The van der Waals surface area contributed by atoms with Gasteiger partial charge in [-0.2, -0.15) is 4.39 Å². The fraction of sp³-hybridized carbons (Fsp3) is 0.200. The van der Waals surface area contributed by atoms with Crippen LogP contribution in [-0.2, 0) is 7.05 Å². The minimum Gasteiger partial charge on any atom is -0.357 e. The van der Waals surface area contributed by atoms with Gasteiger partial charge in [-0.25, -0.2) is 4.39 Å². The molecule has 9 heteroatoms. The van der Waals surface area contributed by atoms with E-state index in [1.807, 2.05) is 0 Å². The summed E-state index contributed by atoms with van der Waals surface area (Å²) in [5, 5.41) is 20.7. The number of anilines is 1. The Bertz CT molecular complexity index is 656. The van der Waals surface area contributed by atoms with E-state index < -0.39 is 22.2 Å². The molecule has 1 aromatic carbocycles. The first-order chi connectivity index (χ1) is 8.95. The number of nitro groups is 1. The van der Waals surface area contributed by atoms with Gasteiger partial charge in [0.05, 0.1) is 16.6 Å². The van der Waals surface area contributed by atoms with Gasteiger partial charge < -0.3 is 5.32 Å². The maximum Gasteiger partial charge on any atom is 0.308 e. The van der Waals surface area contributed by atoms with Crippen LogP contribution in [0.15, 0.2) is 12.1 Å². The van der Waals surface area contributed by atoms with Gasteiger partial charge in [-0.05, 0) is 6.07 Å². The number of nitrogens with one attached hydrogen (secondary N) is 1. The molecule has 0 saturated carbocycles. The largest absolute Gasteiger partial charge is 0.357 e. The number of nitro benzene ring substituents is 1. The highest BCUT2D eigenvalue weighted by Gasteiger charge is 2.24. The summed E-state index contributed by atoms with van der Waals surface area (Å²) in [7, 11) is 3.11. The smallest absolute Gasteiger partial charge is 0.308 e. The van der Waals surface area contributed by atoms with Crippen molar-refractivity contribution in [3.8, 4) is 11.4 Å². The highest BCUT2D eigenvalue weighted by molar-refractivity contribution is 5.62. The van der Waals surface area contributed by atoms with E-state index in [-0.39, 0.29) is 11.4 Å². The van der Waals surface area contributed by atoms with Gasteiger partial charge in [0.2, 0.25) is 11.8 Å². The van der Waals surface area contributed by atoms with E-state index in [2.05, 4.69) is 15.5 Å². The van der Waals surface area contributed by atoms with Crippen molar-refractivity contribution in [2.24, 2.45) is 7.05 Å². The molecule has 1 N–H and O–H groups in total. The number of hydrogen-bond donors (Lipinski definition) is 1. The van der Waals surface area contributed by atoms with E-state index in [4.69, 9.17) is 0 Å². The van der Waals surface area contributed by atoms with E-state index in [0.717, 1.165) is 6.07 Å². The Labute approximate surface area is 106 Å². The lowest BCUT2D eigenvalue weighted by Crippen LogP contribution is -2.02. The van der Waals surface area contributed by atoms with Crippen molar-refractivity contribution in [2.45, 2.75) is 0 Å². The van der Waals surface area contributed by atoms with E-state index in [1.165, 1.54) is 11.6 Å². The molecule has 7 nitrogen and oxygen atoms in total. The molecule has 1 aromatic heterocycles. The molecule has 100 valence electrons. The number of aromatic nitrogens is 3. The van der Waals surface area contributed by atoms with Crippen LogP contribution < -0.4 is 5.32 Å². The van der Waals surface area contributed by atoms with Crippen LogP contribution in [0.25, 0.3) is 11.4 Å². The fourth-order valence-corrected chi connectivity index (χ4v) is 1.65. The summed E-state index contributed by atoms with van der Waals surface area (Å²) in [5.41, 5.74) is -1.26. The predicted octanol–water partition coefficient (Wildman–Crippen LogP) is 1.71. The van der Waals surface area contributed by atoms with Crippen LogP contribution in [-0.4, -0.2) is 26.7 Å². The van der Waals surface area contributed by atoms with Gasteiger partial charge in [0, 0.05) is 14.1 Å². The molecule has 2 rings (SSSR count). The molecule has 0 aliphatic heterocycles. The van der Waals surface area contributed by atoms with Crippen molar-refractivity contribution in [3.63, 3.8) is 0 Å². The standard InChI is InChI=1S/C10H9F2N5O2/c1-13-10-15-14-9(16(10)2)6-3-5(11)4-7(8(6)12)17(18)19/h3-4H,1-2H3,(H,13,15). The minimum atomic E-state index is -1.15. The Kier molecular flexibility index (Phi) is 3.11. The van der Waals surface area contributed by atoms with E-state index in [9.17, 15) is 18.9 Å². The molecule has 0 bridgehead atoms. The van der Waals surface area contributed by atoms with Crippen molar-refractivity contribution >= 4 is 11.6 Å². The number of hydrogen-bond acceptors (Lipinski definition) is 5. The van der Waals surface area contributed by atoms with Gasteiger partial charge in [0.1, 0.15) is 5.82 Å². The number of nitrogens with zero attached hydrogens (tertiary/aromatic N) is 4. The second kappa shape index (κ2) is 4.59. The lowest BCUT2D eigenvalue weighted by Gasteiger charge is -2.05. The molecule has 0 radical (unpaired) electrons. The van der Waals surface area contributed by atoms with E-state index in [1.54, 1.807) is 7.05 Å². The first-order valence-electron chi connectivity index (χ1n) is 5.16. The predicted molar refractivity (Wildman–Crippen MR) is 62.6 cm³/mol. The van der Waals surface area contributed by atoms with Crippen LogP contribution in [0.4, 0.5) is 20.4 Å². The van der Waals surface area contributed by atoms with E-state index in [0.29, 0.717) is 12.0 Å². The van der Waals surface area contributed by atoms with Crippen LogP contribution in [0, 0.1) is 21.7 Å². The average molecular weight is 269 g/mol. The second-order valence-corrected chi connectivity index (χ2v) is 3.70. The Morgan fingerprint density at radius 3 is 2.58 bits per heavy atom. The lowest BCUT2D eigenvalue weighted by atomic mass is 10.1. The maximum absolute atomic E-state index is 14.0. The second-order valence-electron chi connectivity index (χ2n) is 3.70. The Balaban J connectivity index is 2.68. The topological polar surface area (TPSA) is 85.9 Å². The highest BCUT2D eigenvalue weighted by Crippen LogP contribution is 2.29. The molecule has 0 aliphatic carbocycles. The number of rotatable bonds is 3. The molecule has 0 fully saturated rings. The van der Waals surface area contributed by atoms with Gasteiger partial charge in [-0.1, -0.05) is 0 Å². The zero-order chi connectivity index (χ0) is 14.2. The van der Waals surface area contributed by atoms with Crippen LogP contribution in [0.2, 0.25) is 0 Å². The summed E-state index contributed by atoms with van der Waals surface area (Å²) >= 11 is 0. The Morgan fingerprint density at radius 1 is 1.37 bits per heavy atom.